The van der Waals surface area contributed by atoms with Crippen LogP contribution in [-0.2, 0) is 14.3 Å². The first-order valence-electron chi connectivity index (χ1n) is 30.8. The number of carbonyl (C=O) groups excluding carboxylic acids is 2. The van der Waals surface area contributed by atoms with Gasteiger partial charge in [0.15, 0.2) is 0 Å². The molecule has 0 radical (unpaired) electrons. The number of unbranched alkanes of at least 4 members (excludes halogenated alkanes) is 42. The molecule has 0 fully saturated rings. The number of carbonyl (C=O) groups is 2. The van der Waals surface area contributed by atoms with Crippen molar-refractivity contribution in [2.24, 2.45) is 0 Å². The van der Waals surface area contributed by atoms with Crippen molar-refractivity contribution in [1.82, 2.24) is 5.32 Å². The molecule has 0 bridgehead atoms. The summed E-state index contributed by atoms with van der Waals surface area (Å²) in [5, 5.41) is 23.0. The van der Waals surface area contributed by atoms with E-state index in [0.717, 1.165) is 44.9 Å². The zero-order valence-electron chi connectivity index (χ0n) is 46.3. The molecule has 0 aliphatic heterocycles. The summed E-state index contributed by atoms with van der Waals surface area (Å²) < 4.78 is 5.46. The van der Waals surface area contributed by atoms with E-state index < -0.39 is 12.1 Å². The predicted molar refractivity (Wildman–Crippen MR) is 301 cm³/mol. The van der Waals surface area contributed by atoms with E-state index in [2.05, 4.69) is 43.5 Å². The van der Waals surface area contributed by atoms with Gasteiger partial charge in [-0.1, -0.05) is 288 Å². The zero-order valence-corrected chi connectivity index (χ0v) is 46.3. The van der Waals surface area contributed by atoms with Crippen molar-refractivity contribution in [1.29, 1.82) is 0 Å². The maximum absolute atomic E-state index is 12.4. The van der Waals surface area contributed by atoms with Crippen LogP contribution in [0.3, 0.4) is 0 Å². The van der Waals surface area contributed by atoms with Crippen LogP contribution in [0.15, 0.2) is 36.5 Å². The maximum Gasteiger partial charge on any atom is 0.305 e. The van der Waals surface area contributed by atoms with E-state index in [4.69, 9.17) is 4.74 Å². The number of allylic oxidation sites excluding steroid dienone is 5. The zero-order chi connectivity index (χ0) is 50.0. The molecule has 0 saturated carbocycles. The SMILES string of the molecule is CCCCCCCCCC/C=C/C(O)C(CO)NC(=O)CCCCCCCCCCCCCCCCC/C=C\C/C=C\CCCCCCCCCCCOC(=O)CCCCCCCCCCCCC. The molecule has 0 aromatic heterocycles. The molecule has 69 heavy (non-hydrogen) atoms. The fraction of sp³-hybridized carbons (Fsp3) is 0.873. The molecule has 0 heterocycles. The minimum absolute atomic E-state index is 0.0123. The number of nitrogens with one attached hydrogen (secondary N) is 1. The topological polar surface area (TPSA) is 95.9 Å². The van der Waals surface area contributed by atoms with Gasteiger partial charge in [0.1, 0.15) is 0 Å². The fourth-order valence-corrected chi connectivity index (χ4v) is 9.43. The van der Waals surface area contributed by atoms with Gasteiger partial charge in [0.05, 0.1) is 25.4 Å². The van der Waals surface area contributed by atoms with E-state index in [1.54, 1.807) is 6.08 Å². The first-order valence-corrected chi connectivity index (χ1v) is 30.8. The molecule has 6 heteroatoms. The second kappa shape index (κ2) is 58.6. The summed E-state index contributed by atoms with van der Waals surface area (Å²) >= 11 is 0. The molecule has 0 rings (SSSR count). The molecule has 406 valence electrons. The Bertz CT molecular complexity index is 1120. The summed E-state index contributed by atoms with van der Waals surface area (Å²) in [5.41, 5.74) is 0. The smallest absolute Gasteiger partial charge is 0.305 e. The third kappa shape index (κ3) is 55.2. The summed E-state index contributed by atoms with van der Waals surface area (Å²) in [6, 6.07) is -0.625. The van der Waals surface area contributed by atoms with E-state index >= 15 is 0 Å². The van der Waals surface area contributed by atoms with Gasteiger partial charge in [-0.3, -0.25) is 9.59 Å². The number of aliphatic hydroxyl groups excluding tert-OH is 2. The highest BCUT2D eigenvalue weighted by Gasteiger charge is 2.18. The Balaban J connectivity index is 3.39. The predicted octanol–water partition coefficient (Wildman–Crippen LogP) is 19.2. The average molecular weight is 971 g/mol. The number of ether oxygens (including phenoxy) is 1. The van der Waals surface area contributed by atoms with E-state index in [0.29, 0.717) is 19.4 Å². The van der Waals surface area contributed by atoms with Crippen molar-refractivity contribution in [3.63, 3.8) is 0 Å². The van der Waals surface area contributed by atoms with Crippen LogP contribution in [0.2, 0.25) is 0 Å². The Hall–Kier alpha value is -1.92. The molecule has 2 unspecified atom stereocenters. The van der Waals surface area contributed by atoms with E-state index in [9.17, 15) is 19.8 Å². The summed E-state index contributed by atoms with van der Waals surface area (Å²) in [6.07, 6.45) is 73.5. The molecule has 0 spiro atoms. The standard InChI is InChI=1S/C63H119NO5/c1-3-5-7-9-11-13-36-41-45-49-53-57-63(68)69-58-54-50-46-42-38-35-33-31-29-27-25-23-21-19-17-15-16-18-20-22-24-26-28-30-32-34-37-40-44-48-52-56-62(67)64-60(59-65)61(66)55-51-47-43-39-14-12-10-8-6-4-2/h17,19,23,25,51,55,60-61,65-66H,3-16,18,20-22,24,26-50,52-54,56-59H2,1-2H3,(H,64,67)/b19-17-,25-23-,55-51+. The minimum atomic E-state index is -0.842. The monoisotopic (exact) mass is 970 g/mol. The Morgan fingerprint density at radius 3 is 1.10 bits per heavy atom. The molecule has 0 aliphatic rings. The van der Waals surface area contributed by atoms with Gasteiger partial charge < -0.3 is 20.3 Å². The highest BCUT2D eigenvalue weighted by Crippen LogP contribution is 2.17. The van der Waals surface area contributed by atoms with E-state index in [1.165, 1.54) is 257 Å². The lowest BCUT2D eigenvalue weighted by atomic mass is 10.0. The number of hydrogen-bond donors (Lipinski definition) is 3. The third-order valence-corrected chi connectivity index (χ3v) is 14.2. The van der Waals surface area contributed by atoms with Gasteiger partial charge in [-0.15, -0.1) is 0 Å². The maximum atomic E-state index is 12.4. The lowest BCUT2D eigenvalue weighted by Gasteiger charge is -2.20. The quantitative estimate of drug-likeness (QED) is 0.0321. The highest BCUT2D eigenvalue weighted by atomic mass is 16.5. The molecule has 0 aliphatic carbocycles. The van der Waals surface area contributed by atoms with Crippen LogP contribution in [0.4, 0.5) is 0 Å². The van der Waals surface area contributed by atoms with Gasteiger partial charge in [-0.05, 0) is 64.2 Å². The summed E-state index contributed by atoms with van der Waals surface area (Å²) in [5.74, 6) is -0.0564. The average Bonchev–Trinajstić information content (AvgIpc) is 3.35. The molecular formula is C63H119NO5. The first-order chi connectivity index (χ1) is 34.0. The van der Waals surface area contributed by atoms with Crippen molar-refractivity contribution in [2.75, 3.05) is 13.2 Å². The first kappa shape index (κ1) is 67.1. The van der Waals surface area contributed by atoms with Crippen LogP contribution in [0, 0.1) is 0 Å². The Morgan fingerprint density at radius 1 is 0.406 bits per heavy atom. The van der Waals surface area contributed by atoms with E-state index in [-0.39, 0.29) is 18.5 Å². The molecule has 6 nitrogen and oxygen atoms in total. The number of hydrogen-bond acceptors (Lipinski definition) is 5. The fourth-order valence-electron chi connectivity index (χ4n) is 9.43. The number of esters is 1. The molecule has 2 atom stereocenters. The second-order valence-corrected chi connectivity index (χ2v) is 21.0. The number of aliphatic hydroxyl groups is 2. The van der Waals surface area contributed by atoms with Crippen molar-refractivity contribution >= 4 is 11.9 Å². The highest BCUT2D eigenvalue weighted by molar-refractivity contribution is 5.76. The third-order valence-electron chi connectivity index (χ3n) is 14.2. The molecule has 0 aromatic carbocycles. The summed E-state index contributed by atoms with van der Waals surface area (Å²) in [4.78, 5) is 24.4. The molecule has 1 amide bonds. The van der Waals surface area contributed by atoms with Gasteiger partial charge in [0, 0.05) is 12.8 Å². The largest absolute Gasteiger partial charge is 0.466 e. The summed E-state index contributed by atoms with van der Waals surface area (Å²) in [7, 11) is 0. The van der Waals surface area contributed by atoms with E-state index in [1.807, 2.05) is 6.08 Å². The van der Waals surface area contributed by atoms with Gasteiger partial charge in [0.25, 0.3) is 0 Å². The summed E-state index contributed by atoms with van der Waals surface area (Å²) in [6.45, 7) is 4.89. The Labute approximate surface area is 430 Å². The molecule has 3 N–H and O–H groups in total. The number of amides is 1. The number of rotatable bonds is 57. The van der Waals surface area contributed by atoms with Gasteiger partial charge in [-0.2, -0.15) is 0 Å². The van der Waals surface area contributed by atoms with Crippen LogP contribution >= 0.6 is 0 Å². The van der Waals surface area contributed by atoms with Gasteiger partial charge in [0.2, 0.25) is 5.91 Å². The van der Waals surface area contributed by atoms with Crippen molar-refractivity contribution in [3.8, 4) is 0 Å². The lowest BCUT2D eigenvalue weighted by molar-refractivity contribution is -0.143. The van der Waals surface area contributed by atoms with Crippen LogP contribution in [0.1, 0.15) is 328 Å². The van der Waals surface area contributed by atoms with Crippen LogP contribution in [0.5, 0.6) is 0 Å². The Kier molecular flexibility index (Phi) is 57.0. The van der Waals surface area contributed by atoms with Gasteiger partial charge in [-0.25, -0.2) is 0 Å². The van der Waals surface area contributed by atoms with Crippen LogP contribution in [0.25, 0.3) is 0 Å². The molecular weight excluding hydrogens is 851 g/mol. The minimum Gasteiger partial charge on any atom is -0.466 e. The Morgan fingerprint density at radius 2 is 0.725 bits per heavy atom. The normalized spacial score (nSPS) is 12.8. The van der Waals surface area contributed by atoms with Gasteiger partial charge >= 0.3 is 5.97 Å². The van der Waals surface area contributed by atoms with Crippen molar-refractivity contribution < 1.29 is 24.5 Å². The molecule has 0 aromatic rings. The van der Waals surface area contributed by atoms with Crippen molar-refractivity contribution in [3.05, 3.63) is 36.5 Å². The molecule has 0 saturated heterocycles. The van der Waals surface area contributed by atoms with Crippen molar-refractivity contribution in [2.45, 2.75) is 341 Å². The van der Waals surface area contributed by atoms with Crippen LogP contribution in [-0.4, -0.2) is 47.4 Å². The lowest BCUT2D eigenvalue weighted by Crippen LogP contribution is -2.45. The van der Waals surface area contributed by atoms with Crippen LogP contribution < -0.4 is 5.32 Å². The second-order valence-electron chi connectivity index (χ2n) is 21.0.